The largest absolute Gasteiger partial charge is 0.489 e. The van der Waals surface area contributed by atoms with Crippen LogP contribution in [0.4, 0.5) is 0 Å². The van der Waals surface area contributed by atoms with E-state index in [1.54, 1.807) is 6.92 Å². The average molecular weight is 502 g/mol. The van der Waals surface area contributed by atoms with Gasteiger partial charge < -0.3 is 21.1 Å². The fraction of sp³-hybridized carbons (Fsp3) is 0.355. The van der Waals surface area contributed by atoms with Gasteiger partial charge in [-0.3, -0.25) is 9.59 Å². The molecule has 0 radical (unpaired) electrons. The Morgan fingerprint density at radius 3 is 2.14 bits per heavy atom. The molecule has 37 heavy (non-hydrogen) atoms. The Morgan fingerprint density at radius 2 is 1.54 bits per heavy atom. The first-order chi connectivity index (χ1) is 17.7. The van der Waals surface area contributed by atoms with Crippen LogP contribution in [-0.2, 0) is 29.0 Å². The summed E-state index contributed by atoms with van der Waals surface area (Å²) in [5, 5.41) is 0. The minimum Gasteiger partial charge on any atom is -0.489 e. The molecular weight excluding hydrogens is 462 g/mol. The highest BCUT2D eigenvalue weighted by molar-refractivity contribution is 5.89. The third-order valence-electron chi connectivity index (χ3n) is 6.81. The predicted octanol–water partition coefficient (Wildman–Crippen LogP) is 4.40. The molecule has 0 aliphatic heterocycles. The van der Waals surface area contributed by atoms with Gasteiger partial charge in [0, 0.05) is 6.54 Å². The maximum Gasteiger partial charge on any atom is 0.240 e. The number of carbonyl (C=O) groups is 2. The van der Waals surface area contributed by atoms with Gasteiger partial charge in [0.05, 0.1) is 6.04 Å². The first-order valence-corrected chi connectivity index (χ1v) is 12.8. The lowest BCUT2D eigenvalue weighted by Gasteiger charge is -2.30. The SMILES string of the molecule is Cc1ccc(COc2cc(C)c(C[C@H](N)C(=O)N(CCCc3ccccc3)[C@H](C)C(N)=O)c(C)c2)cc1. The molecule has 0 bridgehead atoms. The van der Waals surface area contributed by atoms with Gasteiger partial charge in [-0.15, -0.1) is 0 Å². The van der Waals surface area contributed by atoms with Gasteiger partial charge in [0.25, 0.3) is 0 Å². The zero-order valence-electron chi connectivity index (χ0n) is 22.4. The third kappa shape index (κ3) is 7.92. The molecule has 2 atom stereocenters. The van der Waals surface area contributed by atoms with E-state index in [1.165, 1.54) is 16.0 Å². The number of hydrogen-bond donors (Lipinski definition) is 2. The summed E-state index contributed by atoms with van der Waals surface area (Å²) in [5.41, 5.74) is 18.5. The van der Waals surface area contributed by atoms with Crippen molar-refractivity contribution in [1.82, 2.24) is 4.90 Å². The molecule has 0 aromatic heterocycles. The number of rotatable bonds is 12. The summed E-state index contributed by atoms with van der Waals surface area (Å²) in [6.45, 7) is 8.62. The van der Waals surface area contributed by atoms with Crippen molar-refractivity contribution in [1.29, 1.82) is 0 Å². The molecule has 6 nitrogen and oxygen atoms in total. The molecule has 0 saturated heterocycles. The van der Waals surface area contributed by atoms with Crippen LogP contribution >= 0.6 is 0 Å². The number of benzene rings is 3. The van der Waals surface area contributed by atoms with Gasteiger partial charge in [-0.05, 0) is 86.9 Å². The van der Waals surface area contributed by atoms with Crippen molar-refractivity contribution in [3.8, 4) is 5.75 Å². The first kappa shape index (κ1) is 27.9. The van der Waals surface area contributed by atoms with Gasteiger partial charge in [0.1, 0.15) is 18.4 Å². The summed E-state index contributed by atoms with van der Waals surface area (Å²) in [5.74, 6) is -0.0235. The van der Waals surface area contributed by atoms with E-state index >= 15 is 0 Å². The Balaban J connectivity index is 1.66. The normalized spacial score (nSPS) is 12.6. The number of amides is 2. The predicted molar refractivity (Wildman–Crippen MR) is 148 cm³/mol. The van der Waals surface area contributed by atoms with Crippen LogP contribution in [0.25, 0.3) is 0 Å². The second kappa shape index (κ2) is 13.1. The maximum absolute atomic E-state index is 13.4. The minimum atomic E-state index is -0.782. The molecule has 0 saturated carbocycles. The van der Waals surface area contributed by atoms with Crippen molar-refractivity contribution in [2.24, 2.45) is 11.5 Å². The lowest BCUT2D eigenvalue weighted by molar-refractivity contribution is -0.139. The summed E-state index contributed by atoms with van der Waals surface area (Å²) >= 11 is 0. The molecule has 0 unspecified atom stereocenters. The molecule has 0 heterocycles. The Morgan fingerprint density at radius 1 is 0.919 bits per heavy atom. The molecule has 3 aromatic carbocycles. The summed E-state index contributed by atoms with van der Waals surface area (Å²) in [6, 6.07) is 20.8. The monoisotopic (exact) mass is 501 g/mol. The quantitative estimate of drug-likeness (QED) is 0.384. The van der Waals surface area contributed by atoms with Crippen molar-refractivity contribution in [3.63, 3.8) is 0 Å². The van der Waals surface area contributed by atoms with E-state index in [0.29, 0.717) is 26.0 Å². The van der Waals surface area contributed by atoms with Crippen LogP contribution in [0, 0.1) is 20.8 Å². The molecule has 3 rings (SSSR count). The fourth-order valence-corrected chi connectivity index (χ4v) is 4.48. The van der Waals surface area contributed by atoms with Crippen LogP contribution in [0.5, 0.6) is 5.75 Å². The molecule has 4 N–H and O–H groups in total. The Labute approximate surface area is 220 Å². The van der Waals surface area contributed by atoms with Gasteiger partial charge in [-0.25, -0.2) is 0 Å². The van der Waals surface area contributed by atoms with E-state index in [4.69, 9.17) is 16.2 Å². The molecule has 0 spiro atoms. The van der Waals surface area contributed by atoms with E-state index in [9.17, 15) is 9.59 Å². The Kier molecular flexibility index (Phi) is 9.86. The van der Waals surface area contributed by atoms with Crippen LogP contribution in [0.1, 0.15) is 46.7 Å². The number of nitrogens with two attached hydrogens (primary N) is 2. The van der Waals surface area contributed by atoms with Gasteiger partial charge in [0.2, 0.25) is 11.8 Å². The zero-order valence-corrected chi connectivity index (χ0v) is 22.4. The zero-order chi connectivity index (χ0) is 26.9. The van der Waals surface area contributed by atoms with Crippen LogP contribution in [0.2, 0.25) is 0 Å². The van der Waals surface area contributed by atoms with Crippen LogP contribution in [-0.4, -0.2) is 35.3 Å². The average Bonchev–Trinajstić information content (AvgIpc) is 2.88. The molecule has 0 fully saturated rings. The molecular formula is C31H39N3O3. The van der Waals surface area contributed by atoms with Crippen molar-refractivity contribution in [2.45, 2.75) is 65.6 Å². The maximum atomic E-state index is 13.4. The van der Waals surface area contributed by atoms with Gasteiger partial charge in [0.15, 0.2) is 0 Å². The second-order valence-corrected chi connectivity index (χ2v) is 9.82. The topological polar surface area (TPSA) is 98.7 Å². The van der Waals surface area contributed by atoms with E-state index in [-0.39, 0.29) is 5.91 Å². The van der Waals surface area contributed by atoms with E-state index in [2.05, 4.69) is 43.3 Å². The summed E-state index contributed by atoms with van der Waals surface area (Å²) in [4.78, 5) is 26.9. The number of hydrogen-bond acceptors (Lipinski definition) is 4. The molecule has 196 valence electrons. The third-order valence-corrected chi connectivity index (χ3v) is 6.81. The number of ether oxygens (including phenoxy) is 1. The summed E-state index contributed by atoms with van der Waals surface area (Å²) in [7, 11) is 0. The molecule has 0 aliphatic rings. The van der Waals surface area contributed by atoms with Gasteiger partial charge in [-0.2, -0.15) is 0 Å². The molecule has 6 heteroatoms. The van der Waals surface area contributed by atoms with E-state index in [0.717, 1.165) is 34.4 Å². The lowest BCUT2D eigenvalue weighted by atomic mass is 9.95. The number of nitrogens with zero attached hydrogens (tertiary/aromatic N) is 1. The summed E-state index contributed by atoms with van der Waals surface area (Å²) < 4.78 is 6.02. The number of aryl methyl sites for hydroxylation is 4. The fourth-order valence-electron chi connectivity index (χ4n) is 4.48. The summed E-state index contributed by atoms with van der Waals surface area (Å²) in [6.07, 6.45) is 1.88. The second-order valence-electron chi connectivity index (χ2n) is 9.82. The van der Waals surface area contributed by atoms with Crippen LogP contribution in [0.3, 0.4) is 0 Å². The van der Waals surface area contributed by atoms with Crippen LogP contribution in [0.15, 0.2) is 66.7 Å². The van der Waals surface area contributed by atoms with Gasteiger partial charge >= 0.3 is 0 Å². The smallest absolute Gasteiger partial charge is 0.240 e. The first-order valence-electron chi connectivity index (χ1n) is 12.8. The van der Waals surface area contributed by atoms with E-state index < -0.39 is 18.0 Å². The molecule has 0 aliphatic carbocycles. The van der Waals surface area contributed by atoms with Gasteiger partial charge in [-0.1, -0.05) is 60.2 Å². The molecule has 3 aromatic rings. The minimum absolute atomic E-state index is 0.266. The van der Waals surface area contributed by atoms with Crippen molar-refractivity contribution in [3.05, 3.63) is 100 Å². The highest BCUT2D eigenvalue weighted by Gasteiger charge is 2.28. The van der Waals surface area contributed by atoms with Crippen LogP contribution < -0.4 is 16.2 Å². The van der Waals surface area contributed by atoms with E-state index in [1.807, 2.05) is 44.2 Å². The standard InChI is InChI=1S/C31H39N3O3/c1-21-12-14-26(15-13-21)20-37-27-17-22(2)28(23(3)18-27)19-29(32)31(36)34(24(4)30(33)35)16-8-11-25-9-6-5-7-10-25/h5-7,9-10,12-15,17-18,24,29H,8,11,16,19-20,32H2,1-4H3,(H2,33,35)/t24-,29+/m1/s1. The van der Waals surface area contributed by atoms with Crippen molar-refractivity contribution < 1.29 is 14.3 Å². The Bertz CT molecular complexity index is 1170. The Hall–Kier alpha value is -3.64. The number of carbonyl (C=O) groups excluding carboxylic acids is 2. The highest BCUT2D eigenvalue weighted by atomic mass is 16.5. The van der Waals surface area contributed by atoms with Crippen molar-refractivity contribution in [2.75, 3.05) is 6.54 Å². The lowest BCUT2D eigenvalue weighted by Crippen LogP contribution is -2.53. The molecule has 2 amide bonds. The highest BCUT2D eigenvalue weighted by Crippen LogP contribution is 2.24. The van der Waals surface area contributed by atoms with Crippen molar-refractivity contribution >= 4 is 11.8 Å². The number of primary amides is 1.